The van der Waals surface area contributed by atoms with E-state index >= 15 is 0 Å². The first kappa shape index (κ1) is 14.5. The third-order valence-electron chi connectivity index (χ3n) is 3.48. The molecule has 0 spiro atoms. The summed E-state index contributed by atoms with van der Waals surface area (Å²) in [4.78, 5) is 22.6. The summed E-state index contributed by atoms with van der Waals surface area (Å²) in [5.41, 5.74) is 1.02. The Labute approximate surface area is 117 Å². The fraction of sp³-hybridized carbons (Fsp3) is 0.467. The number of benzene rings is 1. The van der Waals surface area contributed by atoms with Crippen LogP contribution in [-0.2, 0) is 16.0 Å². The highest BCUT2D eigenvalue weighted by molar-refractivity contribution is 5.87. The molecule has 1 aliphatic heterocycles. The van der Waals surface area contributed by atoms with Crippen LogP contribution in [0.3, 0.4) is 0 Å². The highest BCUT2D eigenvalue weighted by Crippen LogP contribution is 2.15. The van der Waals surface area contributed by atoms with E-state index in [1.165, 1.54) is 12.1 Å². The molecule has 2 N–H and O–H groups in total. The van der Waals surface area contributed by atoms with Crippen LogP contribution >= 0.6 is 0 Å². The van der Waals surface area contributed by atoms with Gasteiger partial charge in [0.15, 0.2) is 0 Å². The molecule has 2 atom stereocenters. The average Bonchev–Trinajstić information content (AvgIpc) is 2.93. The lowest BCUT2D eigenvalue weighted by Gasteiger charge is -2.20. The molecule has 1 aromatic carbocycles. The number of rotatable bonds is 5. The van der Waals surface area contributed by atoms with Crippen molar-refractivity contribution in [3.63, 3.8) is 0 Å². The van der Waals surface area contributed by atoms with Gasteiger partial charge in [0, 0.05) is 6.61 Å². The molecule has 0 aromatic heterocycles. The SMILES string of the molecule is CC(NC(=O)Cc1ccc(C(=O)O)cc1)C1CCCO1. The van der Waals surface area contributed by atoms with Crippen molar-refractivity contribution in [3.05, 3.63) is 35.4 Å². The van der Waals surface area contributed by atoms with E-state index in [2.05, 4.69) is 5.32 Å². The number of hydrogen-bond donors (Lipinski definition) is 2. The largest absolute Gasteiger partial charge is 0.478 e. The number of ether oxygens (including phenoxy) is 1. The minimum Gasteiger partial charge on any atom is -0.478 e. The molecule has 0 saturated carbocycles. The molecule has 2 unspecified atom stereocenters. The Balaban J connectivity index is 1.85. The summed E-state index contributed by atoms with van der Waals surface area (Å²) in [6, 6.07) is 6.35. The van der Waals surface area contributed by atoms with Crippen molar-refractivity contribution in [2.24, 2.45) is 0 Å². The van der Waals surface area contributed by atoms with Gasteiger partial charge < -0.3 is 15.2 Å². The second kappa shape index (κ2) is 6.52. The maximum absolute atomic E-state index is 11.9. The van der Waals surface area contributed by atoms with E-state index in [-0.39, 0.29) is 30.0 Å². The second-order valence-electron chi connectivity index (χ2n) is 5.09. The van der Waals surface area contributed by atoms with Crippen LogP contribution in [0.1, 0.15) is 35.7 Å². The van der Waals surface area contributed by atoms with Crippen LogP contribution in [0.4, 0.5) is 0 Å². The van der Waals surface area contributed by atoms with E-state index in [0.29, 0.717) is 0 Å². The Kier molecular flexibility index (Phi) is 4.74. The summed E-state index contributed by atoms with van der Waals surface area (Å²) >= 11 is 0. The second-order valence-corrected chi connectivity index (χ2v) is 5.09. The first-order chi connectivity index (χ1) is 9.56. The number of nitrogens with one attached hydrogen (secondary N) is 1. The van der Waals surface area contributed by atoms with Crippen LogP contribution in [0.5, 0.6) is 0 Å². The Morgan fingerprint density at radius 1 is 1.40 bits per heavy atom. The summed E-state index contributed by atoms with van der Waals surface area (Å²) in [6.45, 7) is 2.71. The monoisotopic (exact) mass is 277 g/mol. The van der Waals surface area contributed by atoms with Crippen molar-refractivity contribution in [1.29, 1.82) is 0 Å². The molecular weight excluding hydrogens is 258 g/mol. The average molecular weight is 277 g/mol. The van der Waals surface area contributed by atoms with Crippen molar-refractivity contribution in [3.8, 4) is 0 Å². The summed E-state index contributed by atoms with van der Waals surface area (Å²) in [5.74, 6) is -1.04. The van der Waals surface area contributed by atoms with Crippen molar-refractivity contribution >= 4 is 11.9 Å². The lowest BCUT2D eigenvalue weighted by molar-refractivity contribution is -0.121. The van der Waals surface area contributed by atoms with Gasteiger partial charge in [-0.3, -0.25) is 4.79 Å². The lowest BCUT2D eigenvalue weighted by Crippen LogP contribution is -2.41. The van der Waals surface area contributed by atoms with Gasteiger partial charge in [0.2, 0.25) is 5.91 Å². The van der Waals surface area contributed by atoms with Crippen molar-refractivity contribution in [2.75, 3.05) is 6.61 Å². The number of carboxylic acid groups (broad SMARTS) is 1. The van der Waals surface area contributed by atoms with Crippen molar-refractivity contribution < 1.29 is 19.4 Å². The summed E-state index contributed by atoms with van der Waals surface area (Å²) in [6.07, 6.45) is 2.38. The number of carbonyl (C=O) groups is 2. The zero-order valence-electron chi connectivity index (χ0n) is 11.5. The van der Waals surface area contributed by atoms with Crippen molar-refractivity contribution in [1.82, 2.24) is 5.32 Å². The van der Waals surface area contributed by atoms with E-state index in [0.717, 1.165) is 25.0 Å². The molecule has 0 bridgehead atoms. The quantitative estimate of drug-likeness (QED) is 0.857. The van der Waals surface area contributed by atoms with Gasteiger partial charge in [-0.25, -0.2) is 4.79 Å². The Hall–Kier alpha value is -1.88. The maximum Gasteiger partial charge on any atom is 0.335 e. The minimum atomic E-state index is -0.965. The lowest BCUT2D eigenvalue weighted by atomic mass is 10.1. The van der Waals surface area contributed by atoms with Crippen LogP contribution in [0, 0.1) is 0 Å². The Morgan fingerprint density at radius 3 is 2.65 bits per heavy atom. The summed E-state index contributed by atoms with van der Waals surface area (Å²) in [7, 11) is 0. The number of carbonyl (C=O) groups excluding carboxylic acids is 1. The molecule has 1 saturated heterocycles. The standard InChI is InChI=1S/C15H19NO4/c1-10(13-3-2-8-20-13)16-14(17)9-11-4-6-12(7-5-11)15(18)19/h4-7,10,13H,2-3,8-9H2,1H3,(H,16,17)(H,18,19). The van der Waals surface area contributed by atoms with Gasteiger partial charge in [0.05, 0.1) is 24.1 Å². The molecule has 1 amide bonds. The van der Waals surface area contributed by atoms with Crippen molar-refractivity contribution in [2.45, 2.75) is 38.3 Å². The van der Waals surface area contributed by atoms with E-state index < -0.39 is 5.97 Å². The van der Waals surface area contributed by atoms with E-state index in [9.17, 15) is 9.59 Å². The molecule has 1 aromatic rings. The van der Waals surface area contributed by atoms with Gasteiger partial charge in [-0.1, -0.05) is 12.1 Å². The van der Waals surface area contributed by atoms with Crippen LogP contribution < -0.4 is 5.32 Å². The zero-order chi connectivity index (χ0) is 14.5. The first-order valence-corrected chi connectivity index (χ1v) is 6.79. The third kappa shape index (κ3) is 3.81. The molecule has 1 fully saturated rings. The number of carboxylic acids is 1. The Morgan fingerprint density at radius 2 is 2.10 bits per heavy atom. The fourth-order valence-corrected chi connectivity index (χ4v) is 2.35. The van der Waals surface area contributed by atoms with E-state index in [1.54, 1.807) is 12.1 Å². The Bertz CT molecular complexity index is 477. The third-order valence-corrected chi connectivity index (χ3v) is 3.48. The molecule has 0 radical (unpaired) electrons. The first-order valence-electron chi connectivity index (χ1n) is 6.79. The van der Waals surface area contributed by atoms with E-state index in [1.807, 2.05) is 6.92 Å². The highest BCUT2D eigenvalue weighted by Gasteiger charge is 2.23. The van der Waals surface area contributed by atoms with Crippen LogP contribution in [0.2, 0.25) is 0 Å². The highest BCUT2D eigenvalue weighted by atomic mass is 16.5. The van der Waals surface area contributed by atoms with Crippen LogP contribution in [-0.4, -0.2) is 35.7 Å². The summed E-state index contributed by atoms with van der Waals surface area (Å²) < 4.78 is 5.53. The molecule has 2 rings (SSSR count). The molecule has 0 aliphatic carbocycles. The van der Waals surface area contributed by atoms with Crippen LogP contribution in [0.25, 0.3) is 0 Å². The van der Waals surface area contributed by atoms with Gasteiger partial charge in [-0.15, -0.1) is 0 Å². The number of amides is 1. The smallest absolute Gasteiger partial charge is 0.335 e. The molecule has 1 aliphatic rings. The van der Waals surface area contributed by atoms with E-state index in [4.69, 9.17) is 9.84 Å². The fourth-order valence-electron chi connectivity index (χ4n) is 2.35. The van der Waals surface area contributed by atoms with Gasteiger partial charge in [0.1, 0.15) is 0 Å². The van der Waals surface area contributed by atoms with Crippen LogP contribution in [0.15, 0.2) is 24.3 Å². The van der Waals surface area contributed by atoms with Gasteiger partial charge >= 0.3 is 5.97 Å². The molecule has 108 valence electrons. The van der Waals surface area contributed by atoms with Gasteiger partial charge in [-0.2, -0.15) is 0 Å². The number of hydrogen-bond acceptors (Lipinski definition) is 3. The molecule has 5 nitrogen and oxygen atoms in total. The van der Waals surface area contributed by atoms with Gasteiger partial charge in [-0.05, 0) is 37.5 Å². The molecule has 1 heterocycles. The molecular formula is C15H19NO4. The maximum atomic E-state index is 11.9. The molecule has 5 heteroatoms. The topological polar surface area (TPSA) is 75.6 Å². The van der Waals surface area contributed by atoms with Gasteiger partial charge in [0.25, 0.3) is 0 Å². The number of aromatic carboxylic acids is 1. The predicted octanol–water partition coefficient (Wildman–Crippen LogP) is 1.61. The minimum absolute atomic E-state index is 0.00305. The molecule has 20 heavy (non-hydrogen) atoms. The zero-order valence-corrected chi connectivity index (χ0v) is 11.5. The normalized spacial score (nSPS) is 19.6. The predicted molar refractivity (Wildman–Crippen MR) is 73.7 cm³/mol. The summed E-state index contributed by atoms with van der Waals surface area (Å²) in [5, 5.41) is 11.7.